The van der Waals surface area contributed by atoms with Crippen LogP contribution in [0.25, 0.3) is 10.9 Å². The van der Waals surface area contributed by atoms with E-state index in [4.69, 9.17) is 15.5 Å². The van der Waals surface area contributed by atoms with Crippen molar-refractivity contribution in [1.29, 1.82) is 0 Å². The maximum atomic E-state index is 12.8. The Kier molecular flexibility index (Phi) is 3.27. The highest BCUT2D eigenvalue weighted by Crippen LogP contribution is 2.69. The number of nitrogens with two attached hydrogens (primary N) is 1. The minimum Gasteiger partial charge on any atom is -0.504 e. The predicted octanol–water partition coefficient (Wildman–Crippen LogP) is 3.22. The lowest BCUT2D eigenvalue weighted by Crippen LogP contribution is -2.74. The molecule has 2 fully saturated rings. The van der Waals surface area contributed by atoms with Crippen LogP contribution < -0.4 is 10.5 Å². The standard InChI is InChI=1S/C27H27N3O3/c28-22-16-3-1-2-4-18(16)29-23-17(22)12-27(32)20-11-15-7-8-19(31)24-21(15)26(27,25(23)33-24)9-10-30(20)13-14-5-6-14/h1-4,7-8,14,20,25,31-32H,5-6,9-13H2,(H2,28,29)/t20-,25+,26+,27-/m1/s1. The fourth-order valence-electron chi connectivity index (χ4n) is 7.62. The van der Waals surface area contributed by atoms with Crippen molar-refractivity contribution in [2.24, 2.45) is 5.92 Å². The zero-order chi connectivity index (χ0) is 22.1. The van der Waals surface area contributed by atoms with Crippen LogP contribution >= 0.6 is 0 Å². The van der Waals surface area contributed by atoms with E-state index in [2.05, 4.69) is 4.90 Å². The number of phenolic OH excluding ortho intramolecular Hbond substituents is 1. The molecule has 3 heterocycles. The van der Waals surface area contributed by atoms with Crippen molar-refractivity contribution in [1.82, 2.24) is 9.88 Å². The van der Waals surface area contributed by atoms with E-state index < -0.39 is 17.1 Å². The Balaban J connectivity index is 1.43. The van der Waals surface area contributed by atoms with E-state index in [-0.39, 0.29) is 11.8 Å². The third-order valence-corrected chi connectivity index (χ3v) is 9.28. The predicted molar refractivity (Wildman–Crippen MR) is 124 cm³/mol. The fourth-order valence-corrected chi connectivity index (χ4v) is 7.62. The summed E-state index contributed by atoms with van der Waals surface area (Å²) in [5.41, 5.74) is 10.6. The number of nitrogen functional groups attached to an aromatic ring is 1. The number of likely N-dealkylation sites (tertiary alicyclic amines) is 1. The number of benzene rings is 2. The van der Waals surface area contributed by atoms with Gasteiger partial charge in [-0.25, -0.2) is 4.98 Å². The molecule has 2 aliphatic heterocycles. The summed E-state index contributed by atoms with van der Waals surface area (Å²) in [6.45, 7) is 1.98. The number of hydrogen-bond acceptors (Lipinski definition) is 6. The number of aromatic nitrogens is 1. The summed E-state index contributed by atoms with van der Waals surface area (Å²) in [5, 5.41) is 24.5. The number of piperidine rings is 1. The Labute approximate surface area is 192 Å². The smallest absolute Gasteiger partial charge is 0.166 e. The van der Waals surface area contributed by atoms with Crippen molar-refractivity contribution >= 4 is 16.6 Å². The lowest BCUT2D eigenvalue weighted by Gasteiger charge is -2.63. The van der Waals surface area contributed by atoms with Gasteiger partial charge in [0.15, 0.2) is 17.6 Å². The van der Waals surface area contributed by atoms with Gasteiger partial charge in [-0.05, 0) is 55.8 Å². The number of rotatable bonds is 2. The number of ether oxygens (including phenoxy) is 1. The van der Waals surface area contributed by atoms with E-state index in [0.29, 0.717) is 17.9 Å². The van der Waals surface area contributed by atoms with Gasteiger partial charge < -0.3 is 20.7 Å². The molecular weight excluding hydrogens is 414 g/mol. The Hall–Kier alpha value is -2.83. The van der Waals surface area contributed by atoms with Crippen molar-refractivity contribution in [3.8, 4) is 11.5 Å². The molecule has 2 aromatic carbocycles. The molecule has 3 aromatic rings. The number of fused-ring (bicyclic) bond motifs is 3. The van der Waals surface area contributed by atoms with E-state index >= 15 is 0 Å². The van der Waals surface area contributed by atoms with E-state index in [1.165, 1.54) is 18.4 Å². The van der Waals surface area contributed by atoms with Gasteiger partial charge in [0.05, 0.1) is 22.2 Å². The first kappa shape index (κ1) is 18.6. The van der Waals surface area contributed by atoms with Crippen LogP contribution in [0.1, 0.15) is 47.8 Å². The van der Waals surface area contributed by atoms with Crippen molar-refractivity contribution < 1.29 is 14.9 Å². The summed E-state index contributed by atoms with van der Waals surface area (Å²) < 4.78 is 6.59. The van der Waals surface area contributed by atoms with E-state index in [0.717, 1.165) is 59.6 Å². The largest absolute Gasteiger partial charge is 0.504 e. The van der Waals surface area contributed by atoms with Gasteiger partial charge in [0.25, 0.3) is 0 Å². The second kappa shape index (κ2) is 5.80. The first-order valence-electron chi connectivity index (χ1n) is 12.2. The summed E-state index contributed by atoms with van der Waals surface area (Å²) >= 11 is 0. The molecule has 1 aromatic heterocycles. The molecule has 0 unspecified atom stereocenters. The molecule has 5 aliphatic rings. The number of aliphatic hydroxyl groups is 1. The molecule has 168 valence electrons. The Morgan fingerprint density at radius 2 is 2.03 bits per heavy atom. The lowest BCUT2D eigenvalue weighted by atomic mass is 9.48. The van der Waals surface area contributed by atoms with Crippen molar-refractivity contribution in [2.75, 3.05) is 18.8 Å². The highest BCUT2D eigenvalue weighted by atomic mass is 16.5. The summed E-state index contributed by atoms with van der Waals surface area (Å²) in [7, 11) is 0. The number of pyridine rings is 1. The second-order valence-corrected chi connectivity index (χ2v) is 10.8. The fraction of sp³-hybridized carbons (Fsp3) is 0.444. The molecule has 0 amide bonds. The monoisotopic (exact) mass is 441 g/mol. The van der Waals surface area contributed by atoms with Gasteiger partial charge in [0.2, 0.25) is 0 Å². The first-order valence-corrected chi connectivity index (χ1v) is 12.2. The maximum Gasteiger partial charge on any atom is 0.166 e. The SMILES string of the molecule is Nc1c2c(nc3ccccc13)[C@@H]1Oc3c(O)ccc4c3[C@@]13CCN(CC1CC1)[C@H](C4)[C@]3(O)C2. The zero-order valence-electron chi connectivity index (χ0n) is 18.4. The van der Waals surface area contributed by atoms with E-state index in [9.17, 15) is 10.2 Å². The Morgan fingerprint density at radius 3 is 2.88 bits per heavy atom. The number of phenols is 1. The third kappa shape index (κ3) is 2.06. The number of nitrogens with zero attached hydrogens (tertiary/aromatic N) is 2. The molecule has 6 nitrogen and oxygen atoms in total. The molecule has 33 heavy (non-hydrogen) atoms. The van der Waals surface area contributed by atoms with Crippen LogP contribution in [0.4, 0.5) is 5.69 Å². The van der Waals surface area contributed by atoms with Crippen LogP contribution in [0.5, 0.6) is 11.5 Å². The third-order valence-electron chi connectivity index (χ3n) is 9.28. The van der Waals surface area contributed by atoms with Gasteiger partial charge in [-0.2, -0.15) is 0 Å². The molecule has 0 radical (unpaired) electrons. The molecule has 1 saturated carbocycles. The van der Waals surface area contributed by atoms with Crippen molar-refractivity contribution in [3.05, 3.63) is 58.8 Å². The van der Waals surface area contributed by atoms with Crippen molar-refractivity contribution in [2.45, 2.75) is 55.3 Å². The van der Waals surface area contributed by atoms with Gasteiger partial charge in [0.1, 0.15) is 0 Å². The van der Waals surface area contributed by atoms with Crippen molar-refractivity contribution in [3.63, 3.8) is 0 Å². The summed E-state index contributed by atoms with van der Waals surface area (Å²) in [4.78, 5) is 7.59. The molecular formula is C27H27N3O3. The van der Waals surface area contributed by atoms with Gasteiger partial charge >= 0.3 is 0 Å². The van der Waals surface area contributed by atoms with Gasteiger partial charge in [-0.3, -0.25) is 4.90 Å². The molecule has 6 heteroatoms. The van der Waals surface area contributed by atoms with Gasteiger partial charge in [0, 0.05) is 41.2 Å². The number of aromatic hydroxyl groups is 1. The summed E-state index contributed by atoms with van der Waals surface area (Å²) in [6.07, 6.45) is 4.14. The highest BCUT2D eigenvalue weighted by molar-refractivity contribution is 5.92. The minimum atomic E-state index is -1.03. The second-order valence-electron chi connectivity index (χ2n) is 10.8. The van der Waals surface area contributed by atoms with Crippen LogP contribution in [-0.4, -0.2) is 44.8 Å². The van der Waals surface area contributed by atoms with Crippen LogP contribution in [0.15, 0.2) is 36.4 Å². The van der Waals surface area contributed by atoms with Crippen LogP contribution in [0.2, 0.25) is 0 Å². The average Bonchev–Trinajstić information content (AvgIpc) is 3.55. The molecule has 3 aliphatic carbocycles. The maximum absolute atomic E-state index is 12.8. The summed E-state index contributed by atoms with van der Waals surface area (Å²) in [5.74, 6) is 1.43. The number of para-hydroxylation sites is 1. The molecule has 2 bridgehead atoms. The topological polar surface area (TPSA) is 91.8 Å². The molecule has 8 rings (SSSR count). The Bertz CT molecular complexity index is 1370. The van der Waals surface area contributed by atoms with Crippen LogP contribution in [0.3, 0.4) is 0 Å². The van der Waals surface area contributed by atoms with Crippen LogP contribution in [0, 0.1) is 5.92 Å². The van der Waals surface area contributed by atoms with E-state index in [1.807, 2.05) is 30.3 Å². The van der Waals surface area contributed by atoms with Gasteiger partial charge in [-0.1, -0.05) is 24.3 Å². The molecule has 1 saturated heterocycles. The molecule has 4 atom stereocenters. The summed E-state index contributed by atoms with van der Waals surface area (Å²) in [6, 6.07) is 11.7. The normalized spacial score (nSPS) is 33.5. The first-order chi connectivity index (χ1) is 16.0. The molecule has 1 spiro atoms. The number of hydrogen-bond donors (Lipinski definition) is 3. The molecule has 4 N–H and O–H groups in total. The zero-order valence-corrected chi connectivity index (χ0v) is 18.4. The highest BCUT2D eigenvalue weighted by Gasteiger charge is 2.73. The van der Waals surface area contributed by atoms with Gasteiger partial charge in [-0.15, -0.1) is 0 Å². The Morgan fingerprint density at radius 1 is 1.18 bits per heavy atom. The number of anilines is 1. The average molecular weight is 442 g/mol. The quantitative estimate of drug-likeness (QED) is 0.566. The minimum absolute atomic E-state index is 0.0000341. The van der Waals surface area contributed by atoms with E-state index in [1.54, 1.807) is 6.07 Å². The van der Waals surface area contributed by atoms with Crippen LogP contribution in [-0.2, 0) is 18.3 Å². The lowest BCUT2D eigenvalue weighted by molar-refractivity contribution is -0.173.